The Morgan fingerprint density at radius 1 is 1.26 bits per heavy atom. The van der Waals surface area contributed by atoms with E-state index in [0.717, 1.165) is 17.7 Å². The van der Waals surface area contributed by atoms with Crippen LogP contribution in [0.5, 0.6) is 5.75 Å². The van der Waals surface area contributed by atoms with Crippen molar-refractivity contribution in [1.29, 1.82) is 0 Å². The smallest absolute Gasteiger partial charge is 0.140 e. The summed E-state index contributed by atoms with van der Waals surface area (Å²) in [5.41, 5.74) is 4.30. The minimum absolute atomic E-state index is 0.311. The summed E-state index contributed by atoms with van der Waals surface area (Å²) in [6.07, 6.45) is 0.918. The van der Waals surface area contributed by atoms with Crippen molar-refractivity contribution in [2.45, 2.75) is 20.0 Å². The largest absolute Gasteiger partial charge is 0.487 e. The van der Waals surface area contributed by atoms with Crippen LogP contribution in [0.3, 0.4) is 0 Å². The van der Waals surface area contributed by atoms with Gasteiger partial charge in [-0.3, -0.25) is 0 Å². The molecule has 0 bridgehead atoms. The third-order valence-corrected chi connectivity index (χ3v) is 3.13. The van der Waals surface area contributed by atoms with Crippen molar-refractivity contribution in [3.8, 4) is 5.75 Å². The number of hydrogen-bond donors (Lipinski definition) is 2. The van der Waals surface area contributed by atoms with E-state index in [0.29, 0.717) is 23.1 Å². The fraction of sp³-hybridized carbons (Fsp3) is 0.214. The lowest BCUT2D eigenvalue weighted by Gasteiger charge is -2.11. The first-order valence-electron chi connectivity index (χ1n) is 6.07. The Hall–Kier alpha value is -1.78. The van der Waals surface area contributed by atoms with Crippen LogP contribution < -0.4 is 16.0 Å². The van der Waals surface area contributed by atoms with Crippen molar-refractivity contribution < 1.29 is 4.74 Å². The van der Waals surface area contributed by atoms with E-state index in [9.17, 15) is 0 Å². The van der Waals surface area contributed by atoms with Gasteiger partial charge in [-0.1, -0.05) is 36.7 Å². The molecular weight excluding hydrogens is 262 g/mol. The zero-order valence-corrected chi connectivity index (χ0v) is 11.4. The quantitative estimate of drug-likeness (QED) is 0.651. The first kappa shape index (κ1) is 13.6. The van der Waals surface area contributed by atoms with E-state index in [4.69, 9.17) is 22.2 Å². The van der Waals surface area contributed by atoms with E-state index in [1.807, 2.05) is 24.3 Å². The normalized spacial score (nSPS) is 10.3. The van der Waals surface area contributed by atoms with Gasteiger partial charge in [-0.05, 0) is 30.2 Å². The van der Waals surface area contributed by atoms with Gasteiger partial charge in [-0.15, -0.1) is 0 Å². The standard InChI is InChI=1S/C14H16ClN3O/c1-2-10-5-3-4-6-13(10)19-9-12-11(15)7-8-14(17-12)18-16/h3-8H,2,9,16H2,1H3,(H,17,18). The van der Waals surface area contributed by atoms with Crippen molar-refractivity contribution in [2.75, 3.05) is 5.43 Å². The van der Waals surface area contributed by atoms with Crippen LogP contribution in [-0.2, 0) is 13.0 Å². The van der Waals surface area contributed by atoms with Crippen LogP contribution in [-0.4, -0.2) is 4.98 Å². The molecule has 0 radical (unpaired) electrons. The molecule has 0 saturated heterocycles. The number of hydrogen-bond acceptors (Lipinski definition) is 4. The van der Waals surface area contributed by atoms with Gasteiger partial charge in [0.25, 0.3) is 0 Å². The molecule has 0 aliphatic rings. The molecule has 100 valence electrons. The molecule has 4 nitrogen and oxygen atoms in total. The van der Waals surface area contributed by atoms with Gasteiger partial charge in [0.05, 0.1) is 10.7 Å². The highest BCUT2D eigenvalue weighted by Crippen LogP contribution is 2.22. The van der Waals surface area contributed by atoms with Gasteiger partial charge in [0.2, 0.25) is 0 Å². The Balaban J connectivity index is 2.14. The molecule has 1 aromatic heterocycles. The Morgan fingerprint density at radius 2 is 2.05 bits per heavy atom. The number of hydrazine groups is 1. The van der Waals surface area contributed by atoms with E-state index >= 15 is 0 Å². The summed E-state index contributed by atoms with van der Waals surface area (Å²) in [6, 6.07) is 11.4. The van der Waals surface area contributed by atoms with E-state index in [-0.39, 0.29) is 0 Å². The van der Waals surface area contributed by atoms with E-state index in [1.165, 1.54) is 0 Å². The van der Waals surface area contributed by atoms with Crippen LogP contribution in [0.25, 0.3) is 0 Å². The molecule has 19 heavy (non-hydrogen) atoms. The number of nitrogens with zero attached hydrogens (tertiary/aromatic N) is 1. The maximum absolute atomic E-state index is 6.08. The van der Waals surface area contributed by atoms with E-state index < -0.39 is 0 Å². The van der Waals surface area contributed by atoms with E-state index in [2.05, 4.69) is 17.3 Å². The van der Waals surface area contributed by atoms with Crippen molar-refractivity contribution in [3.05, 3.63) is 52.7 Å². The average Bonchev–Trinajstić information content (AvgIpc) is 2.46. The summed E-state index contributed by atoms with van der Waals surface area (Å²) >= 11 is 6.08. The van der Waals surface area contributed by atoms with Crippen LogP contribution in [0.15, 0.2) is 36.4 Å². The van der Waals surface area contributed by atoms with Crippen LogP contribution >= 0.6 is 11.6 Å². The maximum atomic E-state index is 6.08. The topological polar surface area (TPSA) is 60.2 Å². The number of benzene rings is 1. The molecule has 0 spiro atoms. The van der Waals surface area contributed by atoms with Crippen LogP contribution in [0.2, 0.25) is 5.02 Å². The molecular formula is C14H16ClN3O. The lowest BCUT2D eigenvalue weighted by molar-refractivity contribution is 0.298. The molecule has 0 saturated carbocycles. The third-order valence-electron chi connectivity index (χ3n) is 2.78. The molecule has 1 aromatic carbocycles. The number of rotatable bonds is 5. The number of nitrogens with two attached hydrogens (primary N) is 1. The lowest BCUT2D eigenvalue weighted by Crippen LogP contribution is -2.10. The van der Waals surface area contributed by atoms with Gasteiger partial charge < -0.3 is 10.2 Å². The molecule has 1 heterocycles. The van der Waals surface area contributed by atoms with Crippen LogP contribution in [0, 0.1) is 0 Å². The summed E-state index contributed by atoms with van der Waals surface area (Å²) in [5.74, 6) is 6.74. The average molecular weight is 278 g/mol. The van der Waals surface area contributed by atoms with Crippen molar-refractivity contribution in [2.24, 2.45) is 5.84 Å². The predicted octanol–water partition coefficient (Wildman–Crippen LogP) is 3.16. The van der Waals surface area contributed by atoms with Gasteiger partial charge in [0.15, 0.2) is 0 Å². The first-order valence-corrected chi connectivity index (χ1v) is 6.45. The Kier molecular flexibility index (Phi) is 4.60. The monoisotopic (exact) mass is 277 g/mol. The summed E-state index contributed by atoms with van der Waals surface area (Å²) in [6.45, 7) is 2.40. The van der Waals surface area contributed by atoms with Gasteiger partial charge >= 0.3 is 0 Å². The Morgan fingerprint density at radius 3 is 2.79 bits per heavy atom. The number of nitrogen functional groups attached to an aromatic ring is 1. The number of pyridine rings is 1. The Labute approximate surface area is 117 Å². The molecule has 5 heteroatoms. The molecule has 2 aromatic rings. The summed E-state index contributed by atoms with van der Waals surface area (Å²) in [4.78, 5) is 4.27. The molecule has 0 atom stereocenters. The maximum Gasteiger partial charge on any atom is 0.140 e. The molecule has 0 aliphatic carbocycles. The van der Waals surface area contributed by atoms with Gasteiger partial charge in [0, 0.05) is 0 Å². The zero-order chi connectivity index (χ0) is 13.7. The Bertz CT molecular complexity index is 560. The summed E-state index contributed by atoms with van der Waals surface area (Å²) < 4.78 is 5.78. The van der Waals surface area contributed by atoms with Crippen molar-refractivity contribution in [1.82, 2.24) is 4.98 Å². The van der Waals surface area contributed by atoms with Gasteiger partial charge in [-0.2, -0.15) is 0 Å². The minimum Gasteiger partial charge on any atom is -0.487 e. The second-order valence-corrected chi connectivity index (χ2v) is 4.43. The lowest BCUT2D eigenvalue weighted by atomic mass is 10.1. The molecule has 0 unspecified atom stereocenters. The number of aryl methyl sites for hydroxylation is 1. The second-order valence-electron chi connectivity index (χ2n) is 4.02. The minimum atomic E-state index is 0.311. The van der Waals surface area contributed by atoms with Crippen molar-refractivity contribution >= 4 is 17.4 Å². The predicted molar refractivity (Wildman–Crippen MR) is 77.2 cm³/mol. The highest BCUT2D eigenvalue weighted by molar-refractivity contribution is 6.31. The number of aromatic nitrogens is 1. The molecule has 0 aliphatic heterocycles. The van der Waals surface area contributed by atoms with Crippen molar-refractivity contribution in [3.63, 3.8) is 0 Å². The summed E-state index contributed by atoms with van der Waals surface area (Å²) in [7, 11) is 0. The number of para-hydroxylation sites is 1. The van der Waals surface area contributed by atoms with Crippen LogP contribution in [0.1, 0.15) is 18.2 Å². The second kappa shape index (κ2) is 6.41. The van der Waals surface area contributed by atoms with Gasteiger partial charge in [-0.25, -0.2) is 10.8 Å². The number of ether oxygens (including phenoxy) is 1. The number of nitrogens with one attached hydrogen (secondary N) is 1. The highest BCUT2D eigenvalue weighted by Gasteiger charge is 2.06. The number of anilines is 1. The molecule has 0 fully saturated rings. The fourth-order valence-corrected chi connectivity index (χ4v) is 1.91. The fourth-order valence-electron chi connectivity index (χ4n) is 1.75. The SMILES string of the molecule is CCc1ccccc1OCc1nc(NN)ccc1Cl. The zero-order valence-electron chi connectivity index (χ0n) is 10.7. The molecule has 3 N–H and O–H groups in total. The van der Waals surface area contributed by atoms with Gasteiger partial charge in [0.1, 0.15) is 18.2 Å². The summed E-state index contributed by atoms with van der Waals surface area (Å²) in [5, 5.41) is 0.563. The third kappa shape index (κ3) is 3.36. The molecule has 2 rings (SSSR count). The highest BCUT2D eigenvalue weighted by atomic mass is 35.5. The first-order chi connectivity index (χ1) is 9.24. The molecule has 0 amide bonds. The number of halogens is 1. The van der Waals surface area contributed by atoms with E-state index in [1.54, 1.807) is 12.1 Å². The van der Waals surface area contributed by atoms with Crippen LogP contribution in [0.4, 0.5) is 5.82 Å².